The Labute approximate surface area is 271 Å². The number of ether oxygens (including phenoxy) is 2. The van der Waals surface area contributed by atoms with Crippen molar-refractivity contribution >= 4 is 49.7 Å². The predicted molar refractivity (Wildman–Crippen MR) is 177 cm³/mol. The van der Waals surface area contributed by atoms with Gasteiger partial charge in [-0.3, -0.25) is 13.9 Å². The number of sulfonamides is 1. The predicted octanol–water partition coefficient (Wildman–Crippen LogP) is 5.37. The summed E-state index contributed by atoms with van der Waals surface area (Å²) in [5.41, 5.74) is 5.30. The molecule has 0 aliphatic carbocycles. The largest absolute Gasteiger partial charge is 0.496 e. The molecule has 2 amide bonds. The van der Waals surface area contributed by atoms with E-state index in [1.807, 2.05) is 44.2 Å². The molecule has 45 heavy (non-hydrogen) atoms. The smallest absolute Gasteiger partial charge is 0.264 e. The Balaban J connectivity index is 1.35. The van der Waals surface area contributed by atoms with Crippen molar-refractivity contribution < 1.29 is 27.5 Å². The number of anilines is 1. The lowest BCUT2D eigenvalue weighted by atomic mass is 10.1. The number of methoxy groups -OCH3 is 1. The minimum Gasteiger partial charge on any atom is -0.496 e. The second-order valence-electron chi connectivity index (χ2n) is 9.99. The minimum absolute atomic E-state index is 0.0162. The first-order chi connectivity index (χ1) is 21.6. The molecule has 0 saturated heterocycles. The van der Waals surface area contributed by atoms with Crippen molar-refractivity contribution in [3.63, 3.8) is 0 Å². The highest BCUT2D eigenvalue weighted by molar-refractivity contribution is 9.10. The molecule has 0 aliphatic heterocycles. The molecule has 4 aromatic rings. The SMILES string of the molecule is COc1ccc(S(=O)(=O)N(CC(=O)N/N=C\c2ccc(OCC(=O)N[C@@H](C)c3ccccc3)cc2)c2ccc(C)cc2)cc1Br. The molecule has 12 heteroatoms. The summed E-state index contributed by atoms with van der Waals surface area (Å²) in [6.45, 7) is 3.13. The molecule has 0 saturated carbocycles. The Morgan fingerprint density at radius 1 is 0.956 bits per heavy atom. The molecule has 10 nitrogen and oxygen atoms in total. The van der Waals surface area contributed by atoms with Crippen LogP contribution in [0, 0.1) is 6.92 Å². The fourth-order valence-corrected chi connectivity index (χ4v) is 6.35. The van der Waals surface area contributed by atoms with Gasteiger partial charge in [0.2, 0.25) is 0 Å². The summed E-state index contributed by atoms with van der Waals surface area (Å²) in [7, 11) is -2.65. The molecule has 0 radical (unpaired) electrons. The van der Waals surface area contributed by atoms with E-state index >= 15 is 0 Å². The second-order valence-corrected chi connectivity index (χ2v) is 12.7. The number of rotatable bonds is 13. The summed E-state index contributed by atoms with van der Waals surface area (Å²) in [5.74, 6) is 0.0731. The summed E-state index contributed by atoms with van der Waals surface area (Å²) >= 11 is 3.33. The van der Waals surface area contributed by atoms with Gasteiger partial charge in [0.25, 0.3) is 21.8 Å². The average Bonchev–Trinajstić information content (AvgIpc) is 3.04. The van der Waals surface area contributed by atoms with Crippen molar-refractivity contribution in [1.29, 1.82) is 0 Å². The number of benzene rings is 4. The molecule has 0 heterocycles. The number of nitrogens with zero attached hydrogens (tertiary/aromatic N) is 2. The number of carbonyl (C=O) groups excluding carboxylic acids is 2. The lowest BCUT2D eigenvalue weighted by Gasteiger charge is -2.24. The molecule has 0 spiro atoms. The van der Waals surface area contributed by atoms with Gasteiger partial charge in [-0.15, -0.1) is 0 Å². The highest BCUT2D eigenvalue weighted by Crippen LogP contribution is 2.30. The first-order valence-electron chi connectivity index (χ1n) is 13.9. The third-order valence-electron chi connectivity index (χ3n) is 6.65. The van der Waals surface area contributed by atoms with Crippen LogP contribution in [0.3, 0.4) is 0 Å². The Bertz CT molecular complexity index is 1750. The molecular formula is C33H33BrN4O6S. The lowest BCUT2D eigenvalue weighted by Crippen LogP contribution is -2.39. The van der Waals surface area contributed by atoms with Crippen LogP contribution in [0.1, 0.15) is 29.7 Å². The zero-order valence-electron chi connectivity index (χ0n) is 24.9. The molecule has 234 valence electrons. The number of carbonyl (C=O) groups is 2. The summed E-state index contributed by atoms with van der Waals surface area (Å²) in [4.78, 5) is 25.2. The first-order valence-corrected chi connectivity index (χ1v) is 16.1. The van der Waals surface area contributed by atoms with Crippen molar-refractivity contribution in [1.82, 2.24) is 10.7 Å². The minimum atomic E-state index is -4.13. The van der Waals surface area contributed by atoms with Gasteiger partial charge in [-0.25, -0.2) is 13.8 Å². The van der Waals surface area contributed by atoms with Crippen LogP contribution in [0.4, 0.5) is 5.69 Å². The van der Waals surface area contributed by atoms with E-state index in [1.165, 1.54) is 31.5 Å². The first kappa shape index (κ1) is 33.2. The van der Waals surface area contributed by atoms with Gasteiger partial charge in [-0.1, -0.05) is 48.0 Å². The molecule has 0 aliphatic rings. The van der Waals surface area contributed by atoms with Crippen LogP contribution in [-0.4, -0.2) is 46.7 Å². The van der Waals surface area contributed by atoms with Gasteiger partial charge in [0.05, 0.1) is 34.4 Å². The molecule has 0 aromatic heterocycles. The number of halogens is 1. The topological polar surface area (TPSA) is 126 Å². The third kappa shape index (κ3) is 9.16. The summed E-state index contributed by atoms with van der Waals surface area (Å²) in [6, 6.07) is 27.4. The molecule has 2 N–H and O–H groups in total. The maximum atomic E-state index is 13.7. The molecule has 1 atom stereocenters. The van der Waals surface area contributed by atoms with Crippen molar-refractivity contribution in [2.24, 2.45) is 5.10 Å². The summed E-state index contributed by atoms with van der Waals surface area (Å²) in [6.07, 6.45) is 1.42. The van der Waals surface area contributed by atoms with Crippen LogP contribution in [-0.2, 0) is 19.6 Å². The number of aryl methyl sites for hydroxylation is 1. The maximum Gasteiger partial charge on any atom is 0.264 e. The molecule has 0 unspecified atom stereocenters. The molecule has 0 bridgehead atoms. The van der Waals surface area contributed by atoms with E-state index in [2.05, 4.69) is 31.8 Å². The van der Waals surface area contributed by atoms with E-state index in [1.54, 1.807) is 48.5 Å². The average molecular weight is 694 g/mol. The number of hydrogen-bond acceptors (Lipinski definition) is 7. The number of amides is 2. The summed E-state index contributed by atoms with van der Waals surface area (Å²) < 4.78 is 39.6. The number of nitrogens with one attached hydrogen (secondary N) is 2. The van der Waals surface area contributed by atoms with Crippen molar-refractivity contribution in [2.45, 2.75) is 24.8 Å². The van der Waals surface area contributed by atoms with E-state index in [4.69, 9.17) is 9.47 Å². The van der Waals surface area contributed by atoms with Gasteiger partial charge in [0, 0.05) is 0 Å². The second kappa shape index (κ2) is 15.4. The molecule has 0 fully saturated rings. The van der Waals surface area contributed by atoms with Crippen LogP contribution in [0.2, 0.25) is 0 Å². The lowest BCUT2D eigenvalue weighted by molar-refractivity contribution is -0.123. The normalized spacial score (nSPS) is 11.9. The number of hydrazone groups is 1. The van der Waals surface area contributed by atoms with E-state index in [9.17, 15) is 18.0 Å². The fourth-order valence-electron chi connectivity index (χ4n) is 4.21. The van der Waals surface area contributed by atoms with Crippen molar-refractivity contribution in [3.05, 3.63) is 118 Å². The van der Waals surface area contributed by atoms with Gasteiger partial charge in [0.1, 0.15) is 18.0 Å². The van der Waals surface area contributed by atoms with Crippen LogP contribution < -0.4 is 24.5 Å². The van der Waals surface area contributed by atoms with Gasteiger partial charge in [-0.05, 0) is 95.5 Å². The standard InChI is InChI=1S/C33H33BrN4O6S/c1-23-9-13-27(14-10-23)38(45(41,42)29-17-18-31(43-3)30(34)19-29)21-32(39)37-35-20-25-11-15-28(16-12-25)44-22-33(40)36-24(2)26-7-5-4-6-8-26/h4-20,24H,21-22H2,1-3H3,(H,36,40)(H,37,39)/b35-20-/t24-/m0/s1. The van der Waals surface area contributed by atoms with Gasteiger partial charge >= 0.3 is 0 Å². The fraction of sp³-hybridized carbons (Fsp3) is 0.182. The Morgan fingerprint density at radius 2 is 1.64 bits per heavy atom. The van der Waals surface area contributed by atoms with E-state index in [0.29, 0.717) is 27.2 Å². The Hall–Kier alpha value is -4.68. The zero-order valence-corrected chi connectivity index (χ0v) is 27.3. The van der Waals surface area contributed by atoms with Crippen LogP contribution in [0.5, 0.6) is 11.5 Å². The van der Waals surface area contributed by atoms with Crippen LogP contribution in [0.15, 0.2) is 112 Å². The highest BCUT2D eigenvalue weighted by Gasteiger charge is 2.28. The summed E-state index contributed by atoms with van der Waals surface area (Å²) in [5, 5.41) is 6.88. The highest BCUT2D eigenvalue weighted by atomic mass is 79.9. The molecular weight excluding hydrogens is 660 g/mol. The third-order valence-corrected chi connectivity index (χ3v) is 9.04. The van der Waals surface area contributed by atoms with E-state index in [-0.39, 0.29) is 23.5 Å². The zero-order chi connectivity index (χ0) is 32.4. The van der Waals surface area contributed by atoms with Crippen LogP contribution >= 0.6 is 15.9 Å². The van der Waals surface area contributed by atoms with Gasteiger partial charge < -0.3 is 14.8 Å². The van der Waals surface area contributed by atoms with E-state index < -0.39 is 22.5 Å². The maximum absolute atomic E-state index is 13.7. The Kier molecular flexibility index (Phi) is 11.3. The van der Waals surface area contributed by atoms with Crippen molar-refractivity contribution in [2.75, 3.05) is 24.6 Å². The van der Waals surface area contributed by atoms with E-state index in [0.717, 1.165) is 15.4 Å². The monoisotopic (exact) mass is 692 g/mol. The quantitative estimate of drug-likeness (QED) is 0.143. The Morgan fingerprint density at radius 3 is 2.29 bits per heavy atom. The molecule has 4 aromatic carbocycles. The van der Waals surface area contributed by atoms with Crippen LogP contribution in [0.25, 0.3) is 0 Å². The van der Waals surface area contributed by atoms with Gasteiger partial charge in [-0.2, -0.15) is 5.10 Å². The van der Waals surface area contributed by atoms with Crippen molar-refractivity contribution in [3.8, 4) is 11.5 Å². The van der Waals surface area contributed by atoms with Gasteiger partial charge in [0.15, 0.2) is 6.61 Å². The number of hydrogen-bond donors (Lipinski definition) is 2. The molecule has 4 rings (SSSR count).